The number of benzene rings is 1. The monoisotopic (exact) mass is 496 g/mol. The topological polar surface area (TPSA) is 60.4 Å². The molecule has 1 saturated heterocycles. The Kier molecular flexibility index (Phi) is 8.33. The van der Waals surface area contributed by atoms with E-state index in [1.165, 1.54) is 0 Å². The van der Waals surface area contributed by atoms with E-state index in [0.29, 0.717) is 13.2 Å². The standard InChI is InChI=1S/C29H45BN2O4/c1-7-9-13-25-31-29(16-11-12-17-29)26(33)32(25)20-22-14-15-24(23(19-22)21-34-18-10-8-2)30-35-27(3,4)28(5,6)36-30/h14-15,19H,7-13,16-18,20-21H2,1-6H3. The van der Waals surface area contributed by atoms with Crippen LogP contribution in [0.15, 0.2) is 23.2 Å². The summed E-state index contributed by atoms with van der Waals surface area (Å²) in [6.07, 6.45) is 9.09. The van der Waals surface area contributed by atoms with Crippen LogP contribution in [0.1, 0.15) is 110 Å². The van der Waals surface area contributed by atoms with Crippen LogP contribution in [-0.2, 0) is 32.0 Å². The molecule has 2 fully saturated rings. The quantitative estimate of drug-likeness (QED) is 0.298. The van der Waals surface area contributed by atoms with Crippen LogP contribution >= 0.6 is 0 Å². The molecule has 3 aliphatic rings. The summed E-state index contributed by atoms with van der Waals surface area (Å²) in [7, 11) is -0.439. The van der Waals surface area contributed by atoms with E-state index in [4.69, 9.17) is 19.0 Å². The minimum Gasteiger partial charge on any atom is -0.399 e. The number of unbranched alkanes of at least 4 members (excludes halogenated alkanes) is 2. The van der Waals surface area contributed by atoms with E-state index < -0.39 is 23.9 Å². The molecule has 198 valence electrons. The van der Waals surface area contributed by atoms with Crippen molar-refractivity contribution in [2.45, 2.75) is 129 Å². The predicted molar refractivity (Wildman–Crippen MR) is 145 cm³/mol. The SMILES string of the molecule is CCCCOCc1cc(CN2C(=O)C3(CCCC3)N=C2CCCC)ccc1B1OC(C)(C)C(C)(C)O1. The number of rotatable bonds is 11. The summed E-state index contributed by atoms with van der Waals surface area (Å²) in [6, 6.07) is 6.39. The van der Waals surface area contributed by atoms with Gasteiger partial charge in [0.15, 0.2) is 0 Å². The summed E-state index contributed by atoms with van der Waals surface area (Å²) in [5.74, 6) is 1.17. The molecular weight excluding hydrogens is 451 g/mol. The van der Waals surface area contributed by atoms with Crippen LogP contribution in [0.25, 0.3) is 0 Å². The first-order valence-corrected chi connectivity index (χ1v) is 14.1. The highest BCUT2D eigenvalue weighted by Gasteiger charge is 2.52. The Morgan fingerprint density at radius 1 is 1.03 bits per heavy atom. The van der Waals surface area contributed by atoms with Crippen molar-refractivity contribution < 1.29 is 18.8 Å². The lowest BCUT2D eigenvalue weighted by atomic mass is 9.75. The normalized spacial score (nSPS) is 22.2. The van der Waals surface area contributed by atoms with Crippen LogP contribution < -0.4 is 5.46 Å². The molecule has 4 rings (SSSR count). The highest BCUT2D eigenvalue weighted by molar-refractivity contribution is 6.62. The second kappa shape index (κ2) is 11.0. The molecule has 1 aliphatic carbocycles. The number of hydrogen-bond donors (Lipinski definition) is 0. The molecule has 1 amide bonds. The van der Waals surface area contributed by atoms with Gasteiger partial charge in [-0.1, -0.05) is 57.7 Å². The van der Waals surface area contributed by atoms with Gasteiger partial charge in [-0.2, -0.15) is 0 Å². The summed E-state index contributed by atoms with van der Waals surface area (Å²) in [4.78, 5) is 20.6. The molecular formula is C29H45BN2O4. The second-order valence-electron chi connectivity index (χ2n) is 11.8. The molecule has 0 N–H and O–H groups in total. The van der Waals surface area contributed by atoms with E-state index in [0.717, 1.165) is 86.8 Å². The molecule has 0 aromatic heterocycles. The lowest BCUT2D eigenvalue weighted by Crippen LogP contribution is -2.41. The first kappa shape index (κ1) is 27.3. The molecule has 1 saturated carbocycles. The Balaban J connectivity index is 1.58. The Morgan fingerprint density at radius 3 is 2.33 bits per heavy atom. The first-order valence-electron chi connectivity index (χ1n) is 14.1. The van der Waals surface area contributed by atoms with Crippen molar-refractivity contribution in [1.29, 1.82) is 0 Å². The Hall–Kier alpha value is -1.70. The molecule has 6 nitrogen and oxygen atoms in total. The number of hydrogen-bond acceptors (Lipinski definition) is 5. The predicted octanol–water partition coefficient (Wildman–Crippen LogP) is 5.55. The van der Waals surface area contributed by atoms with Crippen molar-refractivity contribution in [2.75, 3.05) is 6.61 Å². The maximum atomic E-state index is 13.6. The minimum absolute atomic E-state index is 0.196. The highest BCUT2D eigenvalue weighted by Crippen LogP contribution is 2.40. The van der Waals surface area contributed by atoms with Gasteiger partial charge in [-0.25, -0.2) is 0 Å². The third kappa shape index (κ3) is 5.44. The lowest BCUT2D eigenvalue weighted by Gasteiger charge is -2.32. The Labute approximate surface area is 218 Å². The second-order valence-corrected chi connectivity index (χ2v) is 11.8. The number of carbonyl (C=O) groups is 1. The maximum absolute atomic E-state index is 13.6. The van der Waals surface area contributed by atoms with Crippen molar-refractivity contribution >= 4 is 24.3 Å². The van der Waals surface area contributed by atoms with Gasteiger partial charge in [0.05, 0.1) is 24.4 Å². The first-order chi connectivity index (χ1) is 17.1. The molecule has 0 atom stereocenters. The summed E-state index contributed by atoms with van der Waals surface area (Å²) in [6.45, 7) is 14.4. The van der Waals surface area contributed by atoms with E-state index in [2.05, 4.69) is 59.7 Å². The summed E-state index contributed by atoms with van der Waals surface area (Å²) < 4.78 is 18.8. The molecule has 0 unspecified atom stereocenters. The molecule has 7 heteroatoms. The highest BCUT2D eigenvalue weighted by atomic mass is 16.7. The van der Waals surface area contributed by atoms with Gasteiger partial charge >= 0.3 is 7.12 Å². The molecule has 1 aromatic carbocycles. The van der Waals surface area contributed by atoms with Crippen molar-refractivity contribution in [1.82, 2.24) is 4.90 Å². The number of amides is 1. The molecule has 0 radical (unpaired) electrons. The summed E-state index contributed by atoms with van der Waals surface area (Å²) in [5.41, 5.74) is 1.86. The number of ether oxygens (including phenoxy) is 1. The molecule has 2 heterocycles. The minimum atomic E-state index is -0.502. The van der Waals surface area contributed by atoms with Gasteiger partial charge in [0, 0.05) is 13.0 Å². The molecule has 1 aromatic rings. The molecule has 0 bridgehead atoms. The van der Waals surface area contributed by atoms with Crippen LogP contribution in [0.2, 0.25) is 0 Å². The van der Waals surface area contributed by atoms with Crippen molar-refractivity contribution in [2.24, 2.45) is 4.99 Å². The van der Waals surface area contributed by atoms with Gasteiger partial charge in [-0.15, -0.1) is 0 Å². The fraction of sp³-hybridized carbons (Fsp3) is 0.724. The van der Waals surface area contributed by atoms with E-state index in [1.54, 1.807) is 0 Å². The number of carbonyl (C=O) groups excluding carboxylic acids is 1. The van der Waals surface area contributed by atoms with Gasteiger partial charge in [0.1, 0.15) is 11.4 Å². The van der Waals surface area contributed by atoms with E-state index in [-0.39, 0.29) is 5.91 Å². The Bertz CT molecular complexity index is 952. The third-order valence-corrected chi connectivity index (χ3v) is 8.44. The zero-order chi connectivity index (χ0) is 26.0. The van der Waals surface area contributed by atoms with E-state index in [1.807, 2.05) is 4.90 Å². The number of aliphatic imine (C=N–C) groups is 1. The van der Waals surface area contributed by atoms with Gasteiger partial charge in [-0.05, 0) is 70.0 Å². The largest absolute Gasteiger partial charge is 0.495 e. The van der Waals surface area contributed by atoms with Crippen molar-refractivity contribution in [3.05, 3.63) is 29.3 Å². The zero-order valence-electron chi connectivity index (χ0n) is 23.3. The van der Waals surface area contributed by atoms with Gasteiger partial charge < -0.3 is 14.0 Å². The smallest absolute Gasteiger partial charge is 0.399 e. The van der Waals surface area contributed by atoms with Gasteiger partial charge in [0.25, 0.3) is 5.91 Å². The average molecular weight is 497 g/mol. The van der Waals surface area contributed by atoms with Crippen molar-refractivity contribution in [3.63, 3.8) is 0 Å². The lowest BCUT2D eigenvalue weighted by molar-refractivity contribution is -0.131. The fourth-order valence-electron chi connectivity index (χ4n) is 5.39. The Morgan fingerprint density at radius 2 is 1.69 bits per heavy atom. The van der Waals surface area contributed by atoms with E-state index in [9.17, 15) is 4.79 Å². The average Bonchev–Trinajstić information content (AvgIpc) is 3.46. The molecule has 36 heavy (non-hydrogen) atoms. The van der Waals surface area contributed by atoms with Crippen LogP contribution in [0.5, 0.6) is 0 Å². The van der Waals surface area contributed by atoms with Gasteiger partial charge in [0.2, 0.25) is 0 Å². The van der Waals surface area contributed by atoms with Crippen LogP contribution in [0.4, 0.5) is 0 Å². The number of nitrogens with zero attached hydrogens (tertiary/aromatic N) is 2. The van der Waals surface area contributed by atoms with Crippen molar-refractivity contribution in [3.8, 4) is 0 Å². The summed E-state index contributed by atoms with van der Waals surface area (Å²) in [5, 5.41) is 0. The zero-order valence-corrected chi connectivity index (χ0v) is 23.3. The van der Waals surface area contributed by atoms with Crippen LogP contribution in [-0.4, -0.2) is 47.1 Å². The number of amidine groups is 1. The molecule has 2 aliphatic heterocycles. The van der Waals surface area contributed by atoms with Crippen LogP contribution in [0, 0.1) is 0 Å². The van der Waals surface area contributed by atoms with Gasteiger partial charge in [-0.3, -0.25) is 14.7 Å². The van der Waals surface area contributed by atoms with Crippen LogP contribution in [0.3, 0.4) is 0 Å². The third-order valence-electron chi connectivity index (χ3n) is 8.44. The van der Waals surface area contributed by atoms with E-state index >= 15 is 0 Å². The fourth-order valence-corrected chi connectivity index (χ4v) is 5.39. The maximum Gasteiger partial charge on any atom is 0.495 e. The summed E-state index contributed by atoms with van der Waals surface area (Å²) >= 11 is 0. The molecule has 1 spiro atoms.